The molecule has 40 heavy (non-hydrogen) atoms. The van der Waals surface area contributed by atoms with Gasteiger partial charge < -0.3 is 20.4 Å². The normalized spacial score (nSPS) is 21.3. The molecule has 0 aliphatic heterocycles. The highest BCUT2D eigenvalue weighted by Gasteiger charge is 2.35. The minimum atomic E-state index is -4.58. The van der Waals surface area contributed by atoms with Crippen molar-refractivity contribution in [1.29, 1.82) is 0 Å². The summed E-state index contributed by atoms with van der Waals surface area (Å²) in [5, 5.41) is 5.55. The fourth-order valence-corrected chi connectivity index (χ4v) is 5.09. The van der Waals surface area contributed by atoms with Crippen LogP contribution in [-0.2, 0) is 11.0 Å². The Bertz CT molecular complexity index is 1420. The molecule has 3 aromatic rings. The molecule has 5 rings (SSSR count). The van der Waals surface area contributed by atoms with Crippen molar-refractivity contribution in [3.05, 3.63) is 41.3 Å². The quantitative estimate of drug-likeness (QED) is 0.325. The van der Waals surface area contributed by atoms with E-state index in [4.69, 9.17) is 4.74 Å². The van der Waals surface area contributed by atoms with Crippen LogP contribution in [0, 0.1) is 12.8 Å². The number of fused-ring (bicyclic) bond motifs is 1. The summed E-state index contributed by atoms with van der Waals surface area (Å²) in [6.45, 7) is 3.75. The number of rotatable bonds is 8. The number of hydrogen-bond donors (Lipinski definition) is 3. The van der Waals surface area contributed by atoms with E-state index in [9.17, 15) is 27.2 Å². The third-order valence-electron chi connectivity index (χ3n) is 7.51. The molecule has 2 aliphatic rings. The molecule has 2 heterocycles. The van der Waals surface area contributed by atoms with Crippen LogP contribution in [0.4, 0.5) is 17.6 Å². The Kier molecular flexibility index (Phi) is 7.70. The van der Waals surface area contributed by atoms with E-state index in [1.54, 1.807) is 13.8 Å². The first kappa shape index (κ1) is 27.9. The molecule has 0 saturated heterocycles. The average Bonchev–Trinajstić information content (AvgIpc) is 3.67. The molecule has 12 heteroatoms. The van der Waals surface area contributed by atoms with Gasteiger partial charge in [0.05, 0.1) is 29.3 Å². The van der Waals surface area contributed by atoms with Gasteiger partial charge in [0.25, 0.3) is 5.91 Å². The highest BCUT2D eigenvalue weighted by molar-refractivity contribution is 6.09. The first-order valence-corrected chi connectivity index (χ1v) is 13.5. The average molecular weight is 562 g/mol. The van der Waals surface area contributed by atoms with Crippen molar-refractivity contribution >= 4 is 22.8 Å². The topological polar surface area (TPSA) is 109 Å². The molecule has 8 nitrogen and oxygen atoms in total. The molecule has 214 valence electrons. The molecule has 2 fully saturated rings. The van der Waals surface area contributed by atoms with Crippen molar-refractivity contribution in [2.24, 2.45) is 5.92 Å². The number of halogens is 4. The summed E-state index contributed by atoms with van der Waals surface area (Å²) in [7, 11) is 0. The molecular weight excluding hydrogens is 530 g/mol. The number of carbonyl (C=O) groups excluding carboxylic acids is 2. The third kappa shape index (κ3) is 5.90. The first-order valence-electron chi connectivity index (χ1n) is 13.5. The highest BCUT2D eigenvalue weighted by atomic mass is 19.4. The molecule has 0 radical (unpaired) electrons. The first-order chi connectivity index (χ1) is 19.0. The number of hydrogen-bond acceptors (Lipinski definition) is 5. The van der Waals surface area contributed by atoms with Crippen LogP contribution >= 0.6 is 0 Å². The molecular formula is C28H31F4N5O3. The summed E-state index contributed by atoms with van der Waals surface area (Å²) in [4.78, 5) is 36.6. The Morgan fingerprint density at radius 1 is 1.12 bits per heavy atom. The predicted molar refractivity (Wildman–Crippen MR) is 140 cm³/mol. The zero-order chi connectivity index (χ0) is 28.6. The number of benzene rings is 1. The third-order valence-corrected chi connectivity index (χ3v) is 7.51. The summed E-state index contributed by atoms with van der Waals surface area (Å²) in [6.07, 6.45) is -1.45. The number of aryl methyl sites for hydroxylation is 1. The van der Waals surface area contributed by atoms with Crippen LogP contribution < -0.4 is 15.4 Å². The van der Waals surface area contributed by atoms with Crippen molar-refractivity contribution in [3.63, 3.8) is 0 Å². The van der Waals surface area contributed by atoms with Crippen LogP contribution in [0.25, 0.3) is 22.3 Å². The van der Waals surface area contributed by atoms with Gasteiger partial charge in [-0.15, -0.1) is 0 Å². The van der Waals surface area contributed by atoms with E-state index in [0.29, 0.717) is 37.5 Å². The van der Waals surface area contributed by atoms with E-state index in [1.165, 1.54) is 12.4 Å². The largest absolute Gasteiger partial charge is 0.493 e. The van der Waals surface area contributed by atoms with Crippen LogP contribution in [0.3, 0.4) is 0 Å². The van der Waals surface area contributed by atoms with Gasteiger partial charge in [0.2, 0.25) is 5.91 Å². The SMILES string of the molecule is CCC(=O)N[C@@H]1CC[C@H](NC(=O)c2c(C)[nH]c3c(-c4cc(C(F)(F)F)ccc4OCC4CC4)ncnc23)[C@H](F)C1. The second kappa shape index (κ2) is 11.1. The molecule has 0 bridgehead atoms. The fraction of sp³-hybridized carbons (Fsp3) is 0.500. The molecule has 2 aliphatic carbocycles. The zero-order valence-electron chi connectivity index (χ0n) is 22.2. The lowest BCUT2D eigenvalue weighted by Crippen LogP contribution is -2.50. The summed E-state index contributed by atoms with van der Waals surface area (Å²) in [5.74, 6) is -0.0657. The maximum absolute atomic E-state index is 15.0. The van der Waals surface area contributed by atoms with Crippen molar-refractivity contribution in [1.82, 2.24) is 25.6 Å². The zero-order valence-corrected chi connectivity index (χ0v) is 22.2. The Labute approximate surface area is 228 Å². The number of H-pyrrole nitrogens is 1. The molecule has 0 unspecified atom stereocenters. The van der Waals surface area contributed by atoms with Gasteiger partial charge in [-0.2, -0.15) is 13.2 Å². The van der Waals surface area contributed by atoms with Gasteiger partial charge in [0.15, 0.2) is 0 Å². The Balaban J connectivity index is 1.43. The van der Waals surface area contributed by atoms with E-state index in [1.807, 2.05) is 0 Å². The molecule has 2 aromatic heterocycles. The van der Waals surface area contributed by atoms with Gasteiger partial charge in [-0.1, -0.05) is 6.92 Å². The number of carbonyl (C=O) groups is 2. The molecule has 3 N–H and O–H groups in total. The molecule has 2 saturated carbocycles. The van der Waals surface area contributed by atoms with Crippen molar-refractivity contribution in [2.45, 2.75) is 76.8 Å². The van der Waals surface area contributed by atoms with Gasteiger partial charge >= 0.3 is 6.18 Å². The number of aromatic nitrogens is 3. The van der Waals surface area contributed by atoms with E-state index in [-0.39, 0.29) is 52.0 Å². The molecule has 2 amide bonds. The van der Waals surface area contributed by atoms with Gasteiger partial charge in [0.1, 0.15) is 29.5 Å². The van der Waals surface area contributed by atoms with Crippen molar-refractivity contribution in [2.75, 3.05) is 6.61 Å². The smallest absolute Gasteiger partial charge is 0.416 e. The molecule has 0 spiro atoms. The van der Waals surface area contributed by atoms with Crippen LogP contribution in [0.1, 0.15) is 67.1 Å². The second-order valence-corrected chi connectivity index (χ2v) is 10.6. The van der Waals surface area contributed by atoms with Gasteiger partial charge in [-0.05, 0) is 56.7 Å². The second-order valence-electron chi connectivity index (χ2n) is 10.6. The number of nitrogens with one attached hydrogen (secondary N) is 3. The van der Waals surface area contributed by atoms with E-state index >= 15 is 0 Å². The number of alkyl halides is 4. The summed E-state index contributed by atoms with van der Waals surface area (Å²) in [6, 6.07) is 2.21. The maximum atomic E-state index is 15.0. The number of ether oxygens (including phenoxy) is 1. The number of aromatic amines is 1. The lowest BCUT2D eigenvalue weighted by Gasteiger charge is -2.32. The van der Waals surface area contributed by atoms with Crippen LogP contribution in [-0.4, -0.2) is 51.6 Å². The van der Waals surface area contributed by atoms with Gasteiger partial charge in [-0.25, -0.2) is 14.4 Å². The molecule has 1 aromatic carbocycles. The van der Waals surface area contributed by atoms with Crippen LogP contribution in [0.15, 0.2) is 24.5 Å². The lowest BCUT2D eigenvalue weighted by atomic mass is 9.89. The van der Waals surface area contributed by atoms with Crippen molar-refractivity contribution < 1.29 is 31.9 Å². The van der Waals surface area contributed by atoms with E-state index in [2.05, 4.69) is 25.6 Å². The van der Waals surface area contributed by atoms with Crippen LogP contribution in [0.5, 0.6) is 5.75 Å². The highest BCUT2D eigenvalue weighted by Crippen LogP contribution is 2.40. The maximum Gasteiger partial charge on any atom is 0.416 e. The minimum absolute atomic E-state index is 0.0923. The number of amides is 2. The van der Waals surface area contributed by atoms with Crippen molar-refractivity contribution in [3.8, 4) is 17.0 Å². The van der Waals surface area contributed by atoms with E-state index in [0.717, 1.165) is 25.0 Å². The summed E-state index contributed by atoms with van der Waals surface area (Å²) >= 11 is 0. The lowest BCUT2D eigenvalue weighted by molar-refractivity contribution is -0.137. The summed E-state index contributed by atoms with van der Waals surface area (Å²) < 4.78 is 61.6. The predicted octanol–water partition coefficient (Wildman–Crippen LogP) is 5.26. The van der Waals surface area contributed by atoms with Crippen LogP contribution in [0.2, 0.25) is 0 Å². The standard InChI is InChI=1S/C28H31F4N5O3/c1-3-22(38)36-17-7-8-20(19(29)11-17)37-27(39)23-14(2)35-26-24(33-13-34-25(23)26)18-10-16(28(30,31)32)6-9-21(18)40-12-15-4-5-15/h6,9-10,13,15,17,19-20,35H,3-5,7-8,11-12H2,1-2H3,(H,36,38)(H,37,39)/t17-,19-,20+/m1/s1. The Morgan fingerprint density at radius 3 is 2.58 bits per heavy atom. The Hall–Kier alpha value is -3.70. The van der Waals surface area contributed by atoms with Gasteiger partial charge in [0, 0.05) is 30.1 Å². The summed E-state index contributed by atoms with van der Waals surface area (Å²) in [5.41, 5.74) is 0.523. The van der Waals surface area contributed by atoms with E-state index < -0.39 is 29.9 Å². The van der Waals surface area contributed by atoms with Gasteiger partial charge in [-0.3, -0.25) is 9.59 Å². The Morgan fingerprint density at radius 2 is 1.90 bits per heavy atom. The fourth-order valence-electron chi connectivity index (χ4n) is 5.09. The minimum Gasteiger partial charge on any atom is -0.493 e. The molecule has 3 atom stereocenters. The monoisotopic (exact) mass is 561 g/mol. The number of nitrogens with zero attached hydrogens (tertiary/aromatic N) is 2.